The van der Waals surface area contributed by atoms with Crippen molar-refractivity contribution in [1.82, 2.24) is 117 Å². The number of benzene rings is 6. The molecule has 0 fully saturated rings. The number of halogens is 15. The second-order valence-electron chi connectivity index (χ2n) is 30.8. The number of rotatable bonds is 12. The zero-order chi connectivity index (χ0) is 98.3. The summed E-state index contributed by atoms with van der Waals surface area (Å²) in [6, 6.07) is 61.4. The van der Waals surface area contributed by atoms with Crippen molar-refractivity contribution in [3.63, 3.8) is 0 Å². The van der Waals surface area contributed by atoms with E-state index in [1.165, 1.54) is 128 Å². The van der Waals surface area contributed by atoms with Crippen molar-refractivity contribution < 1.29 is 43.9 Å². The molecular weight excluding hydrogens is 2010 g/mol. The molecule has 39 heteroatoms. The Morgan fingerprint density at radius 1 is 0.216 bits per heavy atom. The van der Waals surface area contributed by atoms with Gasteiger partial charge in [0.25, 0.3) is 0 Å². The summed E-state index contributed by atoms with van der Waals surface area (Å²) >= 11 is 29.7. The Morgan fingerprint density at radius 3 is 0.919 bits per heavy atom. The van der Waals surface area contributed by atoms with Gasteiger partial charge in [0.2, 0.25) is 0 Å². The van der Waals surface area contributed by atoms with Crippen molar-refractivity contribution in [3.8, 4) is 135 Å². The lowest BCUT2D eigenvalue weighted by Crippen LogP contribution is -1.97. The summed E-state index contributed by atoms with van der Waals surface area (Å²) in [4.78, 5) is 49.8. The molecule has 148 heavy (non-hydrogen) atoms. The maximum atomic E-state index is 14.2. The molecule has 24 nitrogen and oxygen atoms in total. The Balaban J connectivity index is 0.000000147. The second-order valence-corrected chi connectivity index (χ2v) is 32.9. The van der Waals surface area contributed by atoms with Crippen LogP contribution in [0.4, 0.5) is 43.9 Å². The molecule has 0 aliphatic carbocycles. The van der Waals surface area contributed by atoms with Crippen LogP contribution in [0.25, 0.3) is 168 Å². The molecule has 0 aliphatic rings. The molecule has 0 bridgehead atoms. The van der Waals surface area contributed by atoms with Crippen LogP contribution in [0, 0.1) is 65.1 Å². The fourth-order valence-corrected chi connectivity index (χ4v) is 16.2. The van der Waals surface area contributed by atoms with Crippen LogP contribution in [0.3, 0.4) is 0 Å². The quantitative estimate of drug-likeness (QED) is 0.0813. The number of pyridine rings is 10. The minimum atomic E-state index is -0.812. The Kier molecular flexibility index (Phi) is 34.6. The third-order valence-electron chi connectivity index (χ3n) is 21.8. The first-order valence-electron chi connectivity index (χ1n) is 42.3. The van der Waals surface area contributed by atoms with E-state index in [1.54, 1.807) is 188 Å². The smallest absolute Gasteiger partial charge is 0.191 e. The highest BCUT2D eigenvalue weighted by Crippen LogP contribution is 2.41. The van der Waals surface area contributed by atoms with E-state index >= 15 is 0 Å². The molecule has 744 valence electrons. The fourth-order valence-electron chi connectivity index (χ4n) is 15.3. The molecule has 18 heterocycles. The predicted octanol–water partition coefficient (Wildman–Crippen LogP) is 29.5. The number of hydrogen-bond acceptors (Lipinski definition) is 18. The van der Waals surface area contributed by atoms with E-state index < -0.39 is 46.5 Å². The highest BCUT2D eigenvalue weighted by atomic mass is 35.5. The first-order valence-corrected chi connectivity index (χ1v) is 44.2. The van der Waals surface area contributed by atoms with Gasteiger partial charge in [-0.2, -0.15) is 30.6 Å². The number of nitrogens with zero attached hydrogens (tertiary/aromatic N) is 24. The maximum Gasteiger partial charge on any atom is 0.191 e. The van der Waals surface area contributed by atoms with Crippen LogP contribution in [-0.4, -0.2) is 117 Å². The van der Waals surface area contributed by atoms with Crippen molar-refractivity contribution in [1.29, 1.82) is 0 Å². The van der Waals surface area contributed by atoms with Gasteiger partial charge in [0.15, 0.2) is 57.2 Å². The van der Waals surface area contributed by atoms with Crippen molar-refractivity contribution in [2.24, 2.45) is 0 Å². The zero-order valence-corrected chi connectivity index (χ0v) is 76.5. The molecule has 0 unspecified atom stereocenters. The van der Waals surface area contributed by atoms with Gasteiger partial charge in [-0.05, 0) is 201 Å². The summed E-state index contributed by atoms with van der Waals surface area (Å²) in [5, 5.41) is 26.2. The molecule has 0 spiro atoms. The van der Waals surface area contributed by atoms with E-state index in [1.807, 2.05) is 54.6 Å². The summed E-state index contributed by atoms with van der Waals surface area (Å²) in [7, 11) is 0. The lowest BCUT2D eigenvalue weighted by molar-refractivity contribution is 0.585. The van der Waals surface area contributed by atoms with Gasteiger partial charge in [-0.25, -0.2) is 101 Å². The molecular formula is C109H83Cl5F10N24. The predicted molar refractivity (Wildman–Crippen MR) is 560 cm³/mol. The molecule has 6 aromatic carbocycles. The largest absolute Gasteiger partial charge is 0.256 e. The molecule has 0 saturated carbocycles. The lowest BCUT2D eigenvalue weighted by atomic mass is 9.99. The number of hydrogen-bond donors (Lipinski definition) is 0. The van der Waals surface area contributed by atoms with Crippen molar-refractivity contribution in [2.75, 3.05) is 0 Å². The SMILES string of the molecule is C.C.C.C.C.C.Cc1cc(-c2ncccc2-c2cc(F)c3ncnn3c2)ccc1F.Fc1cc(-c2cccnc2-c2cccc(Cl)c2)cn2ncnc12.Fc1cc(F)c(-c2ncccc2-c2ccc3nccn3n2)cc1Cl.Fc1ccc(-c2ncccc2-c2cc(F)c3ncnn3c2)cc1Cl.Fc1ccc(Cl)cc1-c1ncccc1-c1cc(F)c2ncnn2c1.Fc1ccc(Cl)cc1-c1ncccc1-c1ccc2nccn2n1. The average molecular weight is 2100 g/mol. The molecule has 18 aromatic heterocycles. The fraction of sp³-hybridized carbons (Fsp3) is 0.0642. The summed E-state index contributed by atoms with van der Waals surface area (Å²) in [6.45, 7) is 1.70. The van der Waals surface area contributed by atoms with Crippen LogP contribution in [0.2, 0.25) is 25.1 Å². The van der Waals surface area contributed by atoms with Crippen LogP contribution >= 0.6 is 58.0 Å². The monoisotopic (exact) mass is 2090 g/mol. The zero-order valence-electron chi connectivity index (χ0n) is 72.7. The third kappa shape index (κ3) is 23.2. The number of aromatic nitrogens is 24. The van der Waals surface area contributed by atoms with Gasteiger partial charge in [0, 0.05) is 197 Å². The third-order valence-corrected chi connectivity index (χ3v) is 23.1. The topological polar surface area (TPSA) is 258 Å². The molecule has 0 aliphatic heterocycles. The maximum absolute atomic E-state index is 14.2. The minimum Gasteiger partial charge on any atom is -0.256 e. The van der Waals surface area contributed by atoms with Crippen molar-refractivity contribution >= 4 is 91.9 Å². The highest BCUT2D eigenvalue weighted by Gasteiger charge is 2.24. The first-order chi connectivity index (χ1) is 69.0. The van der Waals surface area contributed by atoms with E-state index in [0.29, 0.717) is 116 Å². The lowest BCUT2D eigenvalue weighted by Gasteiger charge is -2.10. The van der Waals surface area contributed by atoms with Crippen LogP contribution in [-0.2, 0) is 0 Å². The van der Waals surface area contributed by atoms with Crippen LogP contribution in [0.5, 0.6) is 0 Å². The first kappa shape index (κ1) is 108. The standard InChI is InChI=1S/C18H12F2N4.3C17H9ClF2N4.2C17H10ClFN4.6CH4/c1-11-7-12(4-5-15(11)19)17-14(3-2-6-21-17)13-8-16(20)18-22-10-23-24(18)9-13;18-11-3-4-14(19)13(7-11)16-12(2-1-5-21-16)10-6-15(20)17-22-9-23-24(17)8-10;18-13-6-10(3-4-14(13)19)16-12(2-1-5-21-16)11-7-15(20)17-22-9-23-24(17)8-11;18-12-8-11(13(19)9-14(12)20)17-10(2-1-5-22-17)15-3-4-16-21-6-7-24(16)23-15;18-13-4-1-3-11(7-13)16-14(5-2-6-20-16)12-8-15(19)17-21-10-22-23(17)9-12;18-11-3-4-14(19)13(10-11)17-12(2-1-7-21-17)15-5-6-16-20-8-9-23(16)22-15;;;;;;/h2-10H,1H3;3*1-9H;2*1-10H;6*1H4. The van der Waals surface area contributed by atoms with E-state index in [9.17, 15) is 43.9 Å². The van der Waals surface area contributed by atoms with Gasteiger partial charge in [0.05, 0.1) is 55.6 Å². The summed E-state index contributed by atoms with van der Waals surface area (Å²) in [5.74, 6) is -5.06. The second kappa shape index (κ2) is 47.5. The van der Waals surface area contributed by atoms with Gasteiger partial charge in [-0.3, -0.25) is 29.9 Å². The molecule has 0 saturated heterocycles. The van der Waals surface area contributed by atoms with Gasteiger partial charge in [-0.1, -0.05) is 139 Å². The van der Waals surface area contributed by atoms with Crippen molar-refractivity contribution in [2.45, 2.75) is 51.5 Å². The number of aryl methyl sites for hydroxylation is 1. The van der Waals surface area contributed by atoms with Crippen LogP contribution in [0.15, 0.2) is 343 Å². The van der Waals surface area contributed by atoms with Crippen LogP contribution < -0.4 is 0 Å². The number of fused-ring (bicyclic) bond motifs is 6. The van der Waals surface area contributed by atoms with Gasteiger partial charge in [-0.15, -0.1) is 0 Å². The molecule has 24 rings (SSSR count). The van der Waals surface area contributed by atoms with E-state index in [-0.39, 0.29) is 100.0 Å². The van der Waals surface area contributed by atoms with E-state index in [4.69, 9.17) is 58.0 Å². The number of imidazole rings is 2. The van der Waals surface area contributed by atoms with Gasteiger partial charge >= 0.3 is 0 Å². The average Bonchev–Trinajstić information content (AvgIpc) is 1.35. The molecule has 0 N–H and O–H groups in total. The van der Waals surface area contributed by atoms with Crippen molar-refractivity contribution in [3.05, 3.63) is 431 Å². The van der Waals surface area contributed by atoms with Gasteiger partial charge < -0.3 is 0 Å². The Hall–Kier alpha value is -17.3. The minimum absolute atomic E-state index is 0. The Morgan fingerprint density at radius 2 is 0.541 bits per heavy atom. The van der Waals surface area contributed by atoms with E-state index in [0.717, 1.165) is 45.2 Å². The normalized spacial score (nSPS) is 10.6. The molecule has 0 atom stereocenters. The van der Waals surface area contributed by atoms with Gasteiger partial charge in [0.1, 0.15) is 60.2 Å². The molecule has 0 radical (unpaired) electrons. The molecule has 24 aromatic rings. The highest BCUT2D eigenvalue weighted by molar-refractivity contribution is 6.32. The Labute approximate surface area is 865 Å². The van der Waals surface area contributed by atoms with Crippen LogP contribution in [0.1, 0.15) is 50.1 Å². The Bertz CT molecular complexity index is 8700. The summed E-state index contributed by atoms with van der Waals surface area (Å²) in [5.41, 5.74) is 16.5. The summed E-state index contributed by atoms with van der Waals surface area (Å²) in [6.07, 6.45) is 28.3. The van der Waals surface area contributed by atoms with E-state index in [2.05, 4.69) is 90.4 Å². The molecule has 0 amide bonds. The summed E-state index contributed by atoms with van der Waals surface area (Å²) < 4.78 is 149.